The first kappa shape index (κ1) is 9.93. The molecule has 0 saturated carbocycles. The zero-order valence-electron chi connectivity index (χ0n) is 2.18. The minimum absolute atomic E-state index is 0. The van der Waals surface area contributed by atoms with Crippen molar-refractivity contribution in [3.05, 3.63) is 0 Å². The Morgan fingerprint density at radius 2 is 1.00 bits per heavy atom. The Kier molecular flexibility index (Phi) is 11.5. The second-order valence-corrected chi connectivity index (χ2v) is 1.27. The summed E-state index contributed by atoms with van der Waals surface area (Å²) in [5.41, 5.74) is 0. The molecule has 3 nitrogen and oxygen atoms in total. The van der Waals surface area contributed by atoms with Gasteiger partial charge >= 0.3 is 35.6 Å². The van der Waals surface area contributed by atoms with Gasteiger partial charge in [0, 0.05) is 0 Å². The van der Waals surface area contributed by atoms with Crippen LogP contribution in [0.4, 0.5) is 0 Å². The van der Waals surface area contributed by atoms with Crippen molar-refractivity contribution in [2.75, 3.05) is 0 Å². The maximum atomic E-state index is 8.57. The van der Waals surface area contributed by atoms with Crippen molar-refractivity contribution < 1.29 is 67.0 Å². The Morgan fingerprint density at radius 1 is 1.00 bits per heavy atom. The van der Waals surface area contributed by atoms with E-state index < -0.39 is 21.1 Å². The first-order valence-corrected chi connectivity index (χ1v) is 3.11. The van der Waals surface area contributed by atoms with Crippen LogP contribution in [0.5, 0.6) is 0 Å². The standard InChI is InChI=1S/IO3.La/c2-1(3)4;/q-1;+3. The summed E-state index contributed by atoms with van der Waals surface area (Å²) in [6.45, 7) is 0. The van der Waals surface area contributed by atoms with Gasteiger partial charge in [-0.05, 0) is 0 Å². The number of rotatable bonds is 0. The molecule has 0 rings (SSSR count). The van der Waals surface area contributed by atoms with Crippen molar-refractivity contribution >= 4 is 0 Å². The fourth-order valence-electron chi connectivity index (χ4n) is 0. The van der Waals surface area contributed by atoms with E-state index in [4.69, 9.17) is 10.3 Å². The van der Waals surface area contributed by atoms with Gasteiger partial charge in [-0.3, -0.25) is 0 Å². The summed E-state index contributed by atoms with van der Waals surface area (Å²) < 4.78 is 25.7. The molecule has 0 saturated heterocycles. The summed E-state index contributed by atoms with van der Waals surface area (Å²) in [7, 11) is 0. The van der Waals surface area contributed by atoms with Gasteiger partial charge in [0.2, 0.25) is 0 Å². The van der Waals surface area contributed by atoms with Crippen molar-refractivity contribution in [3.8, 4) is 0 Å². The smallest absolute Gasteiger partial charge is 0.427 e. The molecular weight excluding hydrogens is 314 g/mol. The maximum absolute atomic E-state index is 8.57. The Bertz CT molecular complexity index is 11.6. The molecule has 0 amide bonds. The Morgan fingerprint density at radius 3 is 1.00 bits per heavy atom. The van der Waals surface area contributed by atoms with Gasteiger partial charge < -0.3 is 10.3 Å². The van der Waals surface area contributed by atoms with E-state index in [0.29, 0.717) is 0 Å². The molecule has 0 aliphatic carbocycles. The molecule has 0 aromatic rings. The van der Waals surface area contributed by atoms with Gasteiger partial charge in [-0.25, -0.2) is 0 Å². The second kappa shape index (κ2) is 5.80. The van der Waals surface area contributed by atoms with E-state index in [2.05, 4.69) is 0 Å². The summed E-state index contributed by atoms with van der Waals surface area (Å²) in [4.78, 5) is 0. The number of hydrogen-bond acceptors (Lipinski definition) is 3. The monoisotopic (exact) mass is 314 g/mol. The molecule has 0 aliphatic heterocycles. The minimum Gasteiger partial charge on any atom is -0.427 e. The molecule has 26 valence electrons. The second-order valence-electron chi connectivity index (χ2n) is 0.189. The Labute approximate surface area is 66.0 Å². The molecule has 0 aromatic carbocycles. The molecular formula is ILaO3+2. The van der Waals surface area contributed by atoms with Crippen LogP contribution in [0.15, 0.2) is 0 Å². The van der Waals surface area contributed by atoms with Crippen molar-refractivity contribution in [2.45, 2.75) is 0 Å². The molecule has 5 heteroatoms. The van der Waals surface area contributed by atoms with Crippen LogP contribution >= 0.6 is 0 Å². The van der Waals surface area contributed by atoms with Crippen LogP contribution in [0.25, 0.3) is 0 Å². The van der Waals surface area contributed by atoms with E-state index >= 15 is 0 Å². The van der Waals surface area contributed by atoms with Crippen molar-refractivity contribution in [3.63, 3.8) is 0 Å². The topological polar surface area (TPSA) is 69.2 Å². The molecule has 0 aliphatic rings. The van der Waals surface area contributed by atoms with Crippen molar-refractivity contribution in [2.24, 2.45) is 0 Å². The van der Waals surface area contributed by atoms with Crippen molar-refractivity contribution in [1.29, 1.82) is 0 Å². The van der Waals surface area contributed by atoms with E-state index in [0.717, 1.165) is 0 Å². The van der Waals surface area contributed by atoms with Crippen molar-refractivity contribution in [1.82, 2.24) is 0 Å². The molecule has 0 heterocycles. The fourth-order valence-corrected chi connectivity index (χ4v) is 0. The normalized spacial score (nSPS) is 7.20. The van der Waals surface area contributed by atoms with Crippen LogP contribution < -0.4 is 31.4 Å². The van der Waals surface area contributed by atoms with Gasteiger partial charge in [0.25, 0.3) is 21.1 Å². The number of hydrogen-bond donors (Lipinski definition) is 0. The molecule has 0 unspecified atom stereocenters. The molecule has 0 N–H and O–H groups in total. The third-order valence-corrected chi connectivity index (χ3v) is 0. The van der Waals surface area contributed by atoms with E-state index in [1.807, 2.05) is 0 Å². The molecule has 0 aromatic heterocycles. The minimum atomic E-state index is -4.01. The van der Waals surface area contributed by atoms with Crippen LogP contribution in [0.2, 0.25) is 0 Å². The molecule has 0 radical (unpaired) electrons. The largest absolute Gasteiger partial charge is 3.00 e. The predicted octanol–water partition coefficient (Wildman–Crippen LogP) is -6.56. The van der Waals surface area contributed by atoms with Gasteiger partial charge in [0.1, 0.15) is 0 Å². The average Bonchev–Trinajstić information content (AvgIpc) is 0.811. The zero-order chi connectivity index (χ0) is 3.58. The predicted molar refractivity (Wildman–Crippen MR) is 0 cm³/mol. The first-order valence-electron chi connectivity index (χ1n) is 0.463. The summed E-state index contributed by atoms with van der Waals surface area (Å²) in [6.07, 6.45) is 0. The molecule has 0 fully saturated rings. The van der Waals surface area contributed by atoms with Crippen LogP contribution in [0.3, 0.4) is 0 Å². The van der Waals surface area contributed by atoms with Gasteiger partial charge in [-0.15, -0.1) is 0 Å². The van der Waals surface area contributed by atoms with Gasteiger partial charge in [0.05, 0.1) is 0 Å². The maximum Gasteiger partial charge on any atom is 3.00 e. The SMILES string of the molecule is [La+3].[O-][I+2]([O-])[O-]. The fraction of sp³-hybridized carbons (Fsp3) is 0. The van der Waals surface area contributed by atoms with Crippen LogP contribution in [0.1, 0.15) is 0 Å². The Hall–Kier alpha value is 1.80. The molecule has 0 spiro atoms. The molecule has 0 atom stereocenters. The van der Waals surface area contributed by atoms with Crippen LogP contribution in [-0.2, 0) is 0 Å². The van der Waals surface area contributed by atoms with Gasteiger partial charge in [0.15, 0.2) is 0 Å². The van der Waals surface area contributed by atoms with Gasteiger partial charge in [-0.2, -0.15) is 0 Å². The van der Waals surface area contributed by atoms with E-state index in [-0.39, 0.29) is 35.6 Å². The Balaban J connectivity index is 0. The molecule has 5 heavy (non-hydrogen) atoms. The average molecular weight is 314 g/mol. The van der Waals surface area contributed by atoms with E-state index in [9.17, 15) is 0 Å². The third kappa shape index (κ3) is 25.8. The zero-order valence-corrected chi connectivity index (χ0v) is 7.96. The number of halogens is 1. The van der Waals surface area contributed by atoms with E-state index in [1.165, 1.54) is 0 Å². The van der Waals surface area contributed by atoms with Crippen LogP contribution in [0, 0.1) is 35.6 Å². The van der Waals surface area contributed by atoms with E-state index in [1.54, 1.807) is 0 Å². The third-order valence-electron chi connectivity index (χ3n) is 0. The summed E-state index contributed by atoms with van der Waals surface area (Å²) in [6, 6.07) is 0. The molecule has 0 bridgehead atoms. The van der Waals surface area contributed by atoms with Gasteiger partial charge in [-0.1, -0.05) is 0 Å². The van der Waals surface area contributed by atoms with Crippen LogP contribution in [-0.4, -0.2) is 0 Å². The first-order chi connectivity index (χ1) is 1.73. The summed E-state index contributed by atoms with van der Waals surface area (Å²) in [5, 5.41) is 0. The summed E-state index contributed by atoms with van der Waals surface area (Å²) >= 11 is -4.01. The quantitative estimate of drug-likeness (QED) is 0.418. The summed E-state index contributed by atoms with van der Waals surface area (Å²) in [5.74, 6) is 0.